The molecule has 8 bridgehead atoms. The average Bonchev–Trinajstić information content (AvgIpc) is 3.94. The summed E-state index contributed by atoms with van der Waals surface area (Å²) in [7, 11) is 1.26. The number of aldehydes is 1. The summed E-state index contributed by atoms with van der Waals surface area (Å²) in [5, 5.41) is 6.22. The molecule has 10 nitrogen and oxygen atoms in total. The predicted octanol–water partition coefficient (Wildman–Crippen LogP) is 7.04. The Kier molecular flexibility index (Phi) is 14.6. The van der Waals surface area contributed by atoms with Crippen molar-refractivity contribution < 1.29 is 28.7 Å². The molecule has 0 unspecified atom stereocenters. The number of esters is 2. The third-order valence-electron chi connectivity index (χ3n) is 12.0. The number of nitrogens with zero attached hydrogens (tertiary/aromatic N) is 4. The summed E-state index contributed by atoms with van der Waals surface area (Å²) in [6.07, 6.45) is 16.8. The van der Waals surface area contributed by atoms with Gasteiger partial charge in [-0.1, -0.05) is 106 Å². The van der Waals surface area contributed by atoms with Crippen molar-refractivity contribution >= 4 is 76.9 Å². The Hall–Kier alpha value is -4.61. The largest absolute Gasteiger partial charge is 2.00 e. The van der Waals surface area contributed by atoms with E-state index in [9.17, 15) is 19.2 Å². The van der Waals surface area contributed by atoms with Crippen molar-refractivity contribution in [2.24, 2.45) is 23.7 Å². The molecule has 3 aromatic rings. The van der Waals surface area contributed by atoms with Gasteiger partial charge in [-0.25, -0.2) is 0 Å². The summed E-state index contributed by atoms with van der Waals surface area (Å²) in [5.74, 6) is -2.57. The van der Waals surface area contributed by atoms with E-state index >= 15 is 0 Å². The van der Waals surface area contributed by atoms with E-state index < -0.39 is 17.7 Å². The number of ether oxygens (including phenoxy) is 2. The zero-order chi connectivity index (χ0) is 41.1. The zero-order valence-corrected chi connectivity index (χ0v) is 36.7. The fraction of sp³-hybridized carbons (Fsp3) is 0.447. The number of Topliss-reactive ketones (excluding diaryl/α,β-unsaturated/α-hetero) is 1. The van der Waals surface area contributed by atoms with Crippen LogP contribution in [0.5, 0.6) is 0 Å². The quantitative estimate of drug-likeness (QED) is 0.0521. The van der Waals surface area contributed by atoms with Crippen LogP contribution >= 0.6 is 0 Å². The maximum Gasteiger partial charge on any atom is 2.00 e. The smallest absolute Gasteiger partial charge is 0.664 e. The third kappa shape index (κ3) is 8.57. The van der Waals surface area contributed by atoms with Crippen molar-refractivity contribution in [1.29, 1.82) is 0 Å². The molecule has 1 aliphatic carbocycles. The zero-order valence-electron chi connectivity index (χ0n) is 35.3. The molecule has 0 aromatic carbocycles. The molecule has 5 heterocycles. The first-order valence-electron chi connectivity index (χ1n) is 20.3. The van der Waals surface area contributed by atoms with Gasteiger partial charge < -0.3 is 29.7 Å². The number of rotatable bonds is 15. The summed E-state index contributed by atoms with van der Waals surface area (Å²) in [6, 6.07) is 0. The molecule has 0 radical (unpaired) electrons. The van der Waals surface area contributed by atoms with Crippen LogP contribution < -0.4 is 25.7 Å². The van der Waals surface area contributed by atoms with Crippen molar-refractivity contribution in [2.45, 2.75) is 99.8 Å². The van der Waals surface area contributed by atoms with Crippen LogP contribution in [0.1, 0.15) is 145 Å². The molecule has 0 amide bonds. The van der Waals surface area contributed by atoms with Crippen LogP contribution in [-0.2, 0) is 25.5 Å². The molecule has 302 valence electrons. The number of allylic oxidation sites excluding steroid dienone is 3. The average molecular weight is 795 g/mol. The van der Waals surface area contributed by atoms with Crippen molar-refractivity contribution in [1.82, 2.24) is 15.0 Å². The number of hydrogen-bond donors (Lipinski definition) is 0. The molecule has 1 saturated heterocycles. The van der Waals surface area contributed by atoms with E-state index in [1.54, 1.807) is 19.1 Å². The monoisotopic (exact) mass is 794 g/mol. The van der Waals surface area contributed by atoms with Crippen molar-refractivity contribution in [3.8, 4) is 0 Å². The van der Waals surface area contributed by atoms with Gasteiger partial charge in [-0.3, -0.25) is 19.2 Å². The number of fused-ring (bicyclic) bond motifs is 7. The Balaban J connectivity index is 0.00000641. The van der Waals surface area contributed by atoms with Crippen LogP contribution in [0.15, 0.2) is 29.6 Å². The molecular formula is C47H54MgN4O6-2. The van der Waals surface area contributed by atoms with Gasteiger partial charge in [0.2, 0.25) is 0 Å². The molecule has 11 heteroatoms. The van der Waals surface area contributed by atoms with E-state index in [0.717, 1.165) is 35.8 Å². The predicted molar refractivity (Wildman–Crippen MR) is 228 cm³/mol. The van der Waals surface area contributed by atoms with Crippen LogP contribution in [0.3, 0.4) is 0 Å². The second-order valence-corrected chi connectivity index (χ2v) is 15.8. The number of methoxy groups -OCH3 is 1. The summed E-state index contributed by atoms with van der Waals surface area (Å²) >= 11 is 0. The molecule has 0 spiro atoms. The van der Waals surface area contributed by atoms with Crippen molar-refractivity contribution in [3.05, 3.63) is 102 Å². The molecule has 6 rings (SSSR count). The second kappa shape index (κ2) is 19.0. The van der Waals surface area contributed by atoms with E-state index in [4.69, 9.17) is 29.7 Å². The number of aromatic nitrogens is 3. The standard InChI is InChI=1S/C47H55N4O6.Mg/c1-10-14-25(4)15-13-16-26(5)19-20-57-40(53)18-17-32-28(7)35-21-34-27(6)30(11-2)37(48-34)23-39-33(24-52)31(12-3)38(49-39)22-36-29(8)41-45(51-36)42(44(32)50-35)43(46(41)54)47(55)56-9;/h11,19,21-25,28,32,43H,2,10,12-18,20H2,1,3-9H3,(H-,50,51,52,54);/q-3;+2/p-1/b26-19+,35-21-,39-23-;/t25-,28+,32+,43-;/m1./s1. The van der Waals surface area contributed by atoms with Gasteiger partial charge >= 0.3 is 35.0 Å². The maximum absolute atomic E-state index is 14.3. The SMILES string of the molecule is C=Cc1c2[n-]c(c1C)/C=C1\[N-]/C(=C3\c4[n-]c(c(C)c4C(=O)[C@@H]3C(=O)OC)/C=c3\[n-]/c(c(C=O)c3CC)=C\2)[C@@H](CCC(=O)OC/C=C(\C)CCC[C@H](C)CCC)[C@@H]1C.[Mg+2]. The molecule has 0 N–H and O–H groups in total. The molecule has 0 saturated carbocycles. The number of hydrogen-bond acceptors (Lipinski definition) is 6. The van der Waals surface area contributed by atoms with Gasteiger partial charge in [-0.05, 0) is 75.8 Å². The Labute approximate surface area is 357 Å². The Morgan fingerprint density at radius 3 is 2.36 bits per heavy atom. The first kappa shape index (κ1) is 44.5. The van der Waals surface area contributed by atoms with E-state index in [0.29, 0.717) is 85.9 Å². The third-order valence-corrected chi connectivity index (χ3v) is 12.0. The van der Waals surface area contributed by atoms with Gasteiger partial charge in [0.1, 0.15) is 18.8 Å². The summed E-state index contributed by atoms with van der Waals surface area (Å²) in [6.45, 7) is 18.6. The number of carbonyl (C=O) groups is 4. The van der Waals surface area contributed by atoms with Crippen LogP contribution in [0.2, 0.25) is 0 Å². The van der Waals surface area contributed by atoms with Crippen LogP contribution in [0.25, 0.3) is 35.2 Å². The van der Waals surface area contributed by atoms with Crippen LogP contribution in [0, 0.1) is 37.5 Å². The minimum absolute atomic E-state index is 0. The summed E-state index contributed by atoms with van der Waals surface area (Å²) in [5.41, 5.74) is 8.83. The van der Waals surface area contributed by atoms with Gasteiger partial charge in [0.05, 0.1) is 7.11 Å². The molecule has 58 heavy (non-hydrogen) atoms. The van der Waals surface area contributed by atoms with E-state index in [1.807, 2.05) is 39.0 Å². The summed E-state index contributed by atoms with van der Waals surface area (Å²) < 4.78 is 10.9. The van der Waals surface area contributed by atoms with Gasteiger partial charge in [0, 0.05) is 17.5 Å². The molecule has 1 fully saturated rings. The van der Waals surface area contributed by atoms with Gasteiger partial charge in [-0.15, -0.1) is 33.5 Å². The van der Waals surface area contributed by atoms with E-state index in [-0.39, 0.29) is 53.9 Å². The summed E-state index contributed by atoms with van der Waals surface area (Å²) in [4.78, 5) is 68.4. The molecule has 4 atom stereocenters. The number of carbonyl (C=O) groups excluding carboxylic acids is 4. The molecule has 2 aliphatic heterocycles. The van der Waals surface area contributed by atoms with E-state index in [2.05, 4.69) is 27.4 Å². The Morgan fingerprint density at radius 2 is 1.69 bits per heavy atom. The fourth-order valence-electron chi connectivity index (χ4n) is 8.69. The van der Waals surface area contributed by atoms with Gasteiger partial charge in [0.15, 0.2) is 5.78 Å². The minimum Gasteiger partial charge on any atom is -0.664 e. The second-order valence-electron chi connectivity index (χ2n) is 15.8. The minimum atomic E-state index is -1.26. The molecule has 3 aliphatic rings. The molecule has 3 aromatic heterocycles. The van der Waals surface area contributed by atoms with E-state index in [1.165, 1.54) is 31.9 Å². The Morgan fingerprint density at radius 1 is 0.966 bits per heavy atom. The Bertz CT molecular complexity index is 2330. The van der Waals surface area contributed by atoms with Crippen molar-refractivity contribution in [2.75, 3.05) is 13.7 Å². The van der Waals surface area contributed by atoms with Gasteiger partial charge in [-0.2, -0.15) is 11.4 Å². The first-order chi connectivity index (χ1) is 27.4. The molecular weight excluding hydrogens is 741 g/mol. The first-order valence-corrected chi connectivity index (χ1v) is 20.3. The number of ketones is 1. The maximum atomic E-state index is 14.3. The van der Waals surface area contributed by atoms with Crippen LogP contribution in [0.4, 0.5) is 0 Å². The fourth-order valence-corrected chi connectivity index (χ4v) is 8.69. The topological polar surface area (TPSA) is 143 Å². The van der Waals surface area contributed by atoms with Crippen molar-refractivity contribution in [3.63, 3.8) is 0 Å². The van der Waals surface area contributed by atoms with Gasteiger partial charge in [0.25, 0.3) is 0 Å². The van der Waals surface area contributed by atoms with Crippen LogP contribution in [-0.4, -0.2) is 60.8 Å². The normalized spacial score (nSPS) is 22.1.